The molecular weight excluding hydrogens is 279 g/mol. The molecule has 4 heteroatoms. The van der Waals surface area contributed by atoms with Gasteiger partial charge in [-0.1, -0.05) is 33.6 Å². The second-order valence-electron chi connectivity index (χ2n) is 3.19. The lowest BCUT2D eigenvalue weighted by atomic mass is 10.1. The van der Waals surface area contributed by atoms with Crippen LogP contribution < -0.4 is 0 Å². The summed E-state index contributed by atoms with van der Waals surface area (Å²) in [6, 6.07) is 5.53. The van der Waals surface area contributed by atoms with E-state index < -0.39 is 0 Å². The van der Waals surface area contributed by atoms with Gasteiger partial charge in [-0.3, -0.25) is 4.79 Å². The first-order chi connectivity index (χ1) is 7.13. The van der Waals surface area contributed by atoms with Gasteiger partial charge in [-0.15, -0.1) is 0 Å². The number of rotatable bonds is 5. The van der Waals surface area contributed by atoms with E-state index in [4.69, 9.17) is 16.3 Å². The Hall–Kier alpha value is -0.380. The Labute approximate surface area is 103 Å². The second kappa shape index (κ2) is 6.26. The van der Waals surface area contributed by atoms with Gasteiger partial charge in [0.05, 0.1) is 6.61 Å². The summed E-state index contributed by atoms with van der Waals surface area (Å²) in [4.78, 5) is 11.5. The van der Waals surface area contributed by atoms with Gasteiger partial charge in [0.15, 0.2) is 0 Å². The van der Waals surface area contributed by atoms with Gasteiger partial charge in [0.1, 0.15) is 5.78 Å². The number of methoxy groups -OCH3 is 1. The fraction of sp³-hybridized carbons (Fsp3) is 0.364. The maximum Gasteiger partial charge on any atom is 0.139 e. The van der Waals surface area contributed by atoms with Crippen molar-refractivity contribution >= 4 is 33.3 Å². The standard InChI is InChI=1S/C11H12BrClO2/c1-15-5-4-10(14)6-8-2-3-9(12)7-11(8)13/h2-3,7H,4-6H2,1H3. The minimum Gasteiger partial charge on any atom is -0.384 e. The molecule has 0 aliphatic heterocycles. The normalized spacial score (nSPS) is 10.3. The number of ether oxygens (including phenoxy) is 1. The average molecular weight is 292 g/mol. The maximum absolute atomic E-state index is 11.5. The van der Waals surface area contributed by atoms with Gasteiger partial charge >= 0.3 is 0 Å². The summed E-state index contributed by atoms with van der Waals surface area (Å²) < 4.78 is 5.76. The number of Topliss-reactive ketones (excluding diaryl/α,β-unsaturated/α-hetero) is 1. The molecule has 0 amide bonds. The van der Waals surface area contributed by atoms with Crippen LogP contribution in [-0.2, 0) is 16.0 Å². The van der Waals surface area contributed by atoms with E-state index >= 15 is 0 Å². The topological polar surface area (TPSA) is 26.3 Å². The molecule has 0 saturated carbocycles. The molecule has 1 aromatic rings. The van der Waals surface area contributed by atoms with Crippen molar-refractivity contribution in [2.75, 3.05) is 13.7 Å². The first-order valence-electron chi connectivity index (χ1n) is 4.58. The van der Waals surface area contributed by atoms with Gasteiger partial charge in [0.25, 0.3) is 0 Å². The quantitative estimate of drug-likeness (QED) is 0.832. The molecule has 0 bridgehead atoms. The third kappa shape index (κ3) is 4.33. The summed E-state index contributed by atoms with van der Waals surface area (Å²) in [6.07, 6.45) is 0.804. The van der Waals surface area contributed by atoms with Crippen LogP contribution in [0.15, 0.2) is 22.7 Å². The molecule has 1 aromatic carbocycles. The largest absolute Gasteiger partial charge is 0.384 e. The fourth-order valence-corrected chi connectivity index (χ4v) is 1.92. The van der Waals surface area contributed by atoms with E-state index in [-0.39, 0.29) is 5.78 Å². The number of ketones is 1. The van der Waals surface area contributed by atoms with Crippen LogP contribution in [0.5, 0.6) is 0 Å². The van der Waals surface area contributed by atoms with Crippen molar-refractivity contribution in [1.29, 1.82) is 0 Å². The summed E-state index contributed by atoms with van der Waals surface area (Å²) in [5.74, 6) is 0.140. The van der Waals surface area contributed by atoms with Gasteiger partial charge in [-0.2, -0.15) is 0 Å². The molecule has 0 radical (unpaired) electrons. The molecule has 2 nitrogen and oxygen atoms in total. The third-order valence-electron chi connectivity index (χ3n) is 1.99. The Morgan fingerprint density at radius 1 is 1.53 bits per heavy atom. The molecule has 0 N–H and O–H groups in total. The van der Waals surface area contributed by atoms with E-state index in [2.05, 4.69) is 15.9 Å². The van der Waals surface area contributed by atoms with Crippen molar-refractivity contribution in [2.45, 2.75) is 12.8 Å². The molecule has 0 heterocycles. The van der Waals surface area contributed by atoms with E-state index in [0.29, 0.717) is 24.5 Å². The lowest BCUT2D eigenvalue weighted by Crippen LogP contribution is -2.06. The zero-order chi connectivity index (χ0) is 11.3. The van der Waals surface area contributed by atoms with Crippen LogP contribution >= 0.6 is 27.5 Å². The molecule has 15 heavy (non-hydrogen) atoms. The molecule has 0 unspecified atom stereocenters. The van der Waals surface area contributed by atoms with Crippen molar-refractivity contribution < 1.29 is 9.53 Å². The van der Waals surface area contributed by atoms with Crippen LogP contribution in [0.1, 0.15) is 12.0 Å². The molecule has 0 fully saturated rings. The minimum atomic E-state index is 0.140. The highest BCUT2D eigenvalue weighted by Crippen LogP contribution is 2.22. The molecule has 0 spiro atoms. The van der Waals surface area contributed by atoms with Crippen molar-refractivity contribution in [1.82, 2.24) is 0 Å². The number of hydrogen-bond acceptors (Lipinski definition) is 2. The zero-order valence-corrected chi connectivity index (χ0v) is 10.8. The van der Waals surface area contributed by atoms with Crippen LogP contribution in [0.2, 0.25) is 5.02 Å². The van der Waals surface area contributed by atoms with E-state index in [1.807, 2.05) is 12.1 Å². The summed E-state index contributed by atoms with van der Waals surface area (Å²) >= 11 is 9.31. The minimum absolute atomic E-state index is 0.140. The first kappa shape index (κ1) is 12.7. The monoisotopic (exact) mass is 290 g/mol. The average Bonchev–Trinajstić information content (AvgIpc) is 2.19. The summed E-state index contributed by atoms with van der Waals surface area (Å²) in [5.41, 5.74) is 0.862. The van der Waals surface area contributed by atoms with Gasteiger partial charge in [0.2, 0.25) is 0 Å². The lowest BCUT2D eigenvalue weighted by Gasteiger charge is -2.04. The number of carbonyl (C=O) groups is 1. The van der Waals surface area contributed by atoms with Gasteiger partial charge in [-0.05, 0) is 17.7 Å². The van der Waals surface area contributed by atoms with Crippen LogP contribution in [0, 0.1) is 0 Å². The highest BCUT2D eigenvalue weighted by molar-refractivity contribution is 9.10. The summed E-state index contributed by atoms with van der Waals surface area (Å²) in [5, 5.41) is 0.621. The van der Waals surface area contributed by atoms with Crippen LogP contribution in [0.25, 0.3) is 0 Å². The van der Waals surface area contributed by atoms with Crippen molar-refractivity contribution in [3.63, 3.8) is 0 Å². The Kier molecular flexibility index (Phi) is 5.29. The van der Waals surface area contributed by atoms with Gasteiger partial charge < -0.3 is 4.74 Å². The second-order valence-corrected chi connectivity index (χ2v) is 4.52. The Morgan fingerprint density at radius 3 is 2.87 bits per heavy atom. The van der Waals surface area contributed by atoms with E-state index in [1.165, 1.54) is 0 Å². The molecule has 0 aliphatic carbocycles. The Morgan fingerprint density at radius 2 is 2.27 bits per heavy atom. The smallest absolute Gasteiger partial charge is 0.139 e. The fourth-order valence-electron chi connectivity index (χ4n) is 1.18. The van der Waals surface area contributed by atoms with Crippen LogP contribution in [0.3, 0.4) is 0 Å². The number of hydrogen-bond donors (Lipinski definition) is 0. The number of carbonyl (C=O) groups excluding carboxylic acids is 1. The molecule has 0 atom stereocenters. The molecule has 0 saturated heterocycles. The molecule has 0 aromatic heterocycles. The lowest BCUT2D eigenvalue weighted by molar-refractivity contribution is -0.119. The molecular formula is C11H12BrClO2. The van der Waals surface area contributed by atoms with Crippen molar-refractivity contribution in [3.05, 3.63) is 33.3 Å². The zero-order valence-electron chi connectivity index (χ0n) is 8.43. The Balaban J connectivity index is 2.60. The highest BCUT2D eigenvalue weighted by atomic mass is 79.9. The van der Waals surface area contributed by atoms with Crippen molar-refractivity contribution in [3.8, 4) is 0 Å². The summed E-state index contributed by atoms with van der Waals surface area (Å²) in [6.45, 7) is 0.465. The highest BCUT2D eigenvalue weighted by Gasteiger charge is 2.07. The number of halogens is 2. The van der Waals surface area contributed by atoms with E-state index in [0.717, 1.165) is 10.0 Å². The molecule has 1 rings (SSSR count). The van der Waals surface area contributed by atoms with Gasteiger partial charge in [0, 0.05) is 29.4 Å². The van der Waals surface area contributed by atoms with Crippen LogP contribution in [0.4, 0.5) is 0 Å². The Bertz CT molecular complexity index is 352. The summed E-state index contributed by atoms with van der Waals surface area (Å²) in [7, 11) is 1.58. The van der Waals surface area contributed by atoms with E-state index in [1.54, 1.807) is 13.2 Å². The first-order valence-corrected chi connectivity index (χ1v) is 5.75. The predicted octanol–water partition coefficient (Wildman–Crippen LogP) is 3.25. The van der Waals surface area contributed by atoms with Crippen LogP contribution in [-0.4, -0.2) is 19.5 Å². The molecule has 0 aliphatic rings. The molecule has 82 valence electrons. The predicted molar refractivity (Wildman–Crippen MR) is 64.4 cm³/mol. The third-order valence-corrected chi connectivity index (χ3v) is 2.83. The van der Waals surface area contributed by atoms with E-state index in [9.17, 15) is 4.79 Å². The van der Waals surface area contributed by atoms with Gasteiger partial charge in [-0.25, -0.2) is 0 Å². The SMILES string of the molecule is COCCC(=O)Cc1ccc(Br)cc1Cl. The number of benzene rings is 1. The van der Waals surface area contributed by atoms with Crippen molar-refractivity contribution in [2.24, 2.45) is 0 Å². The maximum atomic E-state index is 11.5.